The van der Waals surface area contributed by atoms with Crippen molar-refractivity contribution in [2.45, 2.75) is 18.7 Å². The molecule has 2 aromatic rings. The third-order valence-electron chi connectivity index (χ3n) is 2.74. The van der Waals surface area contributed by atoms with Gasteiger partial charge in [-0.15, -0.1) is 0 Å². The number of sulfonamides is 1. The second kappa shape index (κ2) is 5.57. The number of hydrogen-bond acceptors (Lipinski definition) is 4. The predicted molar refractivity (Wildman–Crippen MR) is 79.5 cm³/mol. The molecular formula is C13H16N4O3S. The van der Waals surface area contributed by atoms with E-state index in [1.807, 2.05) is 0 Å². The Hall–Kier alpha value is -2.35. The Balaban J connectivity index is 2.23. The van der Waals surface area contributed by atoms with Gasteiger partial charge in [0.25, 0.3) is 10.0 Å². The molecule has 0 saturated carbocycles. The second-order valence-electron chi connectivity index (χ2n) is 4.61. The highest BCUT2D eigenvalue weighted by Crippen LogP contribution is 2.19. The van der Waals surface area contributed by atoms with E-state index in [1.54, 1.807) is 20.2 Å². The van der Waals surface area contributed by atoms with Crippen molar-refractivity contribution in [2.75, 3.05) is 10.0 Å². The molecule has 8 heteroatoms. The van der Waals surface area contributed by atoms with E-state index < -0.39 is 10.0 Å². The Bertz CT molecular complexity index is 763. The van der Waals surface area contributed by atoms with Gasteiger partial charge in [-0.2, -0.15) is 5.10 Å². The van der Waals surface area contributed by atoms with Crippen LogP contribution in [0.5, 0.6) is 0 Å². The SMILES string of the molecule is CC(=O)Nc1ccc(S(=O)(=O)Nc2cn(C)nc2C)cc1. The standard InChI is InChI=1S/C13H16N4O3S/c1-9-13(8-17(3)15-9)16-21(19,20)12-6-4-11(5-7-12)14-10(2)18/h4-8,16H,1-3H3,(H,14,18). The molecule has 7 nitrogen and oxygen atoms in total. The number of anilines is 2. The van der Waals surface area contributed by atoms with E-state index in [-0.39, 0.29) is 10.8 Å². The predicted octanol–water partition coefficient (Wildman–Crippen LogP) is 1.49. The number of carbonyl (C=O) groups excluding carboxylic acids is 1. The van der Waals surface area contributed by atoms with E-state index in [2.05, 4.69) is 15.1 Å². The van der Waals surface area contributed by atoms with Gasteiger partial charge in [-0.05, 0) is 31.2 Å². The molecular weight excluding hydrogens is 292 g/mol. The van der Waals surface area contributed by atoms with Gasteiger partial charge in [0.2, 0.25) is 5.91 Å². The molecule has 0 unspecified atom stereocenters. The van der Waals surface area contributed by atoms with Crippen LogP contribution in [0.25, 0.3) is 0 Å². The summed E-state index contributed by atoms with van der Waals surface area (Å²) < 4.78 is 28.5. The van der Waals surface area contributed by atoms with Gasteiger partial charge in [-0.1, -0.05) is 0 Å². The fourth-order valence-electron chi connectivity index (χ4n) is 1.82. The molecule has 0 radical (unpaired) electrons. The molecule has 0 atom stereocenters. The molecule has 2 rings (SSSR count). The van der Waals surface area contributed by atoms with Crippen LogP contribution >= 0.6 is 0 Å². The largest absolute Gasteiger partial charge is 0.326 e. The third-order valence-corrected chi connectivity index (χ3v) is 4.12. The molecule has 0 bridgehead atoms. The molecule has 112 valence electrons. The highest BCUT2D eigenvalue weighted by atomic mass is 32.2. The first-order chi connectivity index (χ1) is 9.78. The van der Waals surface area contributed by atoms with Gasteiger partial charge in [0.1, 0.15) is 0 Å². The summed E-state index contributed by atoms with van der Waals surface area (Å²) >= 11 is 0. The molecule has 0 saturated heterocycles. The minimum atomic E-state index is -3.68. The Morgan fingerprint density at radius 1 is 1.24 bits per heavy atom. The van der Waals surface area contributed by atoms with Crippen molar-refractivity contribution >= 4 is 27.3 Å². The van der Waals surface area contributed by atoms with E-state index in [0.717, 1.165) is 0 Å². The summed E-state index contributed by atoms with van der Waals surface area (Å²) in [6.07, 6.45) is 1.60. The zero-order valence-corrected chi connectivity index (χ0v) is 12.7. The number of carbonyl (C=O) groups is 1. The van der Waals surface area contributed by atoms with E-state index >= 15 is 0 Å². The van der Waals surface area contributed by atoms with Crippen molar-refractivity contribution in [3.05, 3.63) is 36.2 Å². The van der Waals surface area contributed by atoms with Gasteiger partial charge in [-0.25, -0.2) is 8.42 Å². The molecule has 0 fully saturated rings. The van der Waals surface area contributed by atoms with Gasteiger partial charge in [0.15, 0.2) is 0 Å². The van der Waals surface area contributed by atoms with E-state index in [4.69, 9.17) is 0 Å². The smallest absolute Gasteiger partial charge is 0.262 e. The van der Waals surface area contributed by atoms with Gasteiger partial charge in [0.05, 0.1) is 16.3 Å². The maximum Gasteiger partial charge on any atom is 0.262 e. The number of benzene rings is 1. The molecule has 2 N–H and O–H groups in total. The van der Waals surface area contributed by atoms with Crippen LogP contribution in [-0.4, -0.2) is 24.1 Å². The number of amides is 1. The van der Waals surface area contributed by atoms with Crippen molar-refractivity contribution in [2.24, 2.45) is 7.05 Å². The van der Waals surface area contributed by atoms with Crippen LogP contribution in [0.15, 0.2) is 35.4 Å². The normalized spacial score (nSPS) is 11.2. The van der Waals surface area contributed by atoms with Crippen LogP contribution in [0.2, 0.25) is 0 Å². The first-order valence-corrected chi connectivity index (χ1v) is 7.67. The van der Waals surface area contributed by atoms with Crippen molar-refractivity contribution in [1.29, 1.82) is 0 Å². The van der Waals surface area contributed by atoms with Crippen molar-refractivity contribution in [3.8, 4) is 0 Å². The van der Waals surface area contributed by atoms with Crippen molar-refractivity contribution in [3.63, 3.8) is 0 Å². The second-order valence-corrected chi connectivity index (χ2v) is 6.30. The Morgan fingerprint density at radius 2 is 1.86 bits per heavy atom. The number of aromatic nitrogens is 2. The van der Waals surface area contributed by atoms with Crippen LogP contribution < -0.4 is 10.0 Å². The number of aryl methyl sites for hydroxylation is 2. The molecule has 0 aliphatic heterocycles. The lowest BCUT2D eigenvalue weighted by atomic mass is 10.3. The van der Waals surface area contributed by atoms with Crippen molar-refractivity contribution < 1.29 is 13.2 Å². The molecule has 0 aliphatic carbocycles. The van der Waals surface area contributed by atoms with E-state index in [0.29, 0.717) is 17.1 Å². The van der Waals surface area contributed by atoms with Crippen LogP contribution in [0.1, 0.15) is 12.6 Å². The fraction of sp³-hybridized carbons (Fsp3) is 0.231. The average molecular weight is 308 g/mol. The topological polar surface area (TPSA) is 93.1 Å². The van der Waals surface area contributed by atoms with Crippen LogP contribution in [0, 0.1) is 6.92 Å². The lowest BCUT2D eigenvalue weighted by Gasteiger charge is -2.08. The summed E-state index contributed by atoms with van der Waals surface area (Å²) in [7, 11) is -1.97. The summed E-state index contributed by atoms with van der Waals surface area (Å²) in [4.78, 5) is 11.0. The Kier molecular flexibility index (Phi) is 3.99. The van der Waals surface area contributed by atoms with Crippen molar-refractivity contribution in [1.82, 2.24) is 9.78 Å². The molecule has 0 spiro atoms. The molecule has 1 amide bonds. The molecule has 21 heavy (non-hydrogen) atoms. The molecule has 1 heterocycles. The van der Waals surface area contributed by atoms with Crippen LogP contribution in [-0.2, 0) is 21.9 Å². The highest BCUT2D eigenvalue weighted by molar-refractivity contribution is 7.92. The minimum Gasteiger partial charge on any atom is -0.326 e. The number of hydrogen-bond donors (Lipinski definition) is 2. The van der Waals surface area contributed by atoms with Crippen LogP contribution in [0.4, 0.5) is 11.4 Å². The van der Waals surface area contributed by atoms with E-state index in [1.165, 1.54) is 35.9 Å². The van der Waals surface area contributed by atoms with Gasteiger partial charge in [0, 0.05) is 25.9 Å². The Morgan fingerprint density at radius 3 is 2.33 bits per heavy atom. The fourth-order valence-corrected chi connectivity index (χ4v) is 2.93. The number of nitrogens with one attached hydrogen (secondary N) is 2. The maximum atomic E-state index is 12.3. The van der Waals surface area contributed by atoms with Gasteiger partial charge < -0.3 is 5.32 Å². The first-order valence-electron chi connectivity index (χ1n) is 6.18. The lowest BCUT2D eigenvalue weighted by Crippen LogP contribution is -2.13. The molecule has 1 aromatic heterocycles. The lowest BCUT2D eigenvalue weighted by molar-refractivity contribution is -0.114. The molecule has 0 aliphatic rings. The summed E-state index contributed by atoms with van der Waals surface area (Å²) in [5.41, 5.74) is 1.57. The quantitative estimate of drug-likeness (QED) is 0.895. The zero-order chi connectivity index (χ0) is 15.6. The summed E-state index contributed by atoms with van der Waals surface area (Å²) in [5, 5.41) is 6.66. The summed E-state index contributed by atoms with van der Waals surface area (Å²) in [6.45, 7) is 3.11. The summed E-state index contributed by atoms with van der Waals surface area (Å²) in [6, 6.07) is 5.93. The van der Waals surface area contributed by atoms with Crippen LogP contribution in [0.3, 0.4) is 0 Å². The highest BCUT2D eigenvalue weighted by Gasteiger charge is 2.16. The first kappa shape index (κ1) is 15.0. The monoisotopic (exact) mass is 308 g/mol. The van der Waals surface area contributed by atoms with E-state index in [9.17, 15) is 13.2 Å². The average Bonchev–Trinajstić information content (AvgIpc) is 2.67. The number of nitrogens with zero attached hydrogens (tertiary/aromatic N) is 2. The van der Waals surface area contributed by atoms with Gasteiger partial charge >= 0.3 is 0 Å². The zero-order valence-electron chi connectivity index (χ0n) is 11.9. The number of rotatable bonds is 4. The minimum absolute atomic E-state index is 0.111. The van der Waals surface area contributed by atoms with Gasteiger partial charge in [-0.3, -0.25) is 14.2 Å². The summed E-state index contributed by atoms with van der Waals surface area (Å²) in [5.74, 6) is -0.213. The maximum absolute atomic E-state index is 12.3. The Labute approximate surface area is 123 Å². The molecule has 1 aromatic carbocycles. The third kappa shape index (κ3) is 3.60.